The second-order valence-corrected chi connectivity index (χ2v) is 5.32. The summed E-state index contributed by atoms with van der Waals surface area (Å²) >= 11 is 6.26. The summed E-state index contributed by atoms with van der Waals surface area (Å²) in [5.41, 5.74) is 2.55. The Kier molecular flexibility index (Phi) is 3.35. The van der Waals surface area contributed by atoms with Crippen LogP contribution in [0, 0.1) is 0 Å². The van der Waals surface area contributed by atoms with Crippen LogP contribution in [0.1, 0.15) is 30.9 Å². The fraction of sp³-hybridized carbons (Fsp3) is 0.571. The number of rotatable bonds is 3. The Morgan fingerprint density at radius 1 is 1.39 bits per heavy atom. The summed E-state index contributed by atoms with van der Waals surface area (Å²) in [5, 5.41) is 4.20. The molecule has 4 heteroatoms. The van der Waals surface area contributed by atoms with Crippen molar-refractivity contribution < 1.29 is 9.47 Å². The van der Waals surface area contributed by atoms with Crippen molar-refractivity contribution in [2.45, 2.75) is 38.6 Å². The van der Waals surface area contributed by atoms with Crippen LogP contribution >= 0.6 is 11.6 Å². The lowest BCUT2D eigenvalue weighted by molar-refractivity contribution is 0.173. The highest BCUT2D eigenvalue weighted by atomic mass is 35.5. The maximum absolute atomic E-state index is 6.26. The number of benzene rings is 1. The van der Waals surface area contributed by atoms with Gasteiger partial charge in [-0.05, 0) is 43.9 Å². The van der Waals surface area contributed by atoms with Gasteiger partial charge in [-0.1, -0.05) is 18.5 Å². The molecule has 1 saturated heterocycles. The van der Waals surface area contributed by atoms with Crippen LogP contribution in [0.15, 0.2) is 6.07 Å². The van der Waals surface area contributed by atoms with Crippen molar-refractivity contribution in [2.24, 2.45) is 0 Å². The molecule has 3 nitrogen and oxygen atoms in total. The molecule has 18 heavy (non-hydrogen) atoms. The Labute approximate surface area is 112 Å². The standard InChI is InChI=1S/C14H18ClNO2/c1-2-11-9(6-10-4-3-5-16-10)7-12(15)14-13(11)17-8-18-14/h7,10,16H,2-6,8H2,1H3. The normalized spacial score (nSPS) is 21.6. The largest absolute Gasteiger partial charge is 0.453 e. The lowest BCUT2D eigenvalue weighted by Crippen LogP contribution is -2.24. The third-order valence-corrected chi connectivity index (χ3v) is 4.06. The molecule has 0 saturated carbocycles. The van der Waals surface area contributed by atoms with E-state index < -0.39 is 0 Å². The molecular formula is C14H18ClNO2. The minimum atomic E-state index is 0.285. The smallest absolute Gasteiger partial charge is 0.231 e. The topological polar surface area (TPSA) is 30.5 Å². The van der Waals surface area contributed by atoms with Gasteiger partial charge >= 0.3 is 0 Å². The predicted octanol–water partition coefficient (Wildman–Crippen LogP) is 2.93. The average Bonchev–Trinajstić information content (AvgIpc) is 3.00. The van der Waals surface area contributed by atoms with Crippen molar-refractivity contribution in [2.75, 3.05) is 13.3 Å². The van der Waals surface area contributed by atoms with Crippen LogP contribution in [0.25, 0.3) is 0 Å². The molecule has 1 fully saturated rings. The highest BCUT2D eigenvalue weighted by molar-refractivity contribution is 6.32. The molecule has 1 N–H and O–H groups in total. The van der Waals surface area contributed by atoms with Crippen molar-refractivity contribution in [3.05, 3.63) is 22.2 Å². The summed E-state index contributed by atoms with van der Waals surface area (Å²) < 4.78 is 11.0. The fourth-order valence-corrected chi connectivity index (χ4v) is 3.17. The van der Waals surface area contributed by atoms with E-state index in [2.05, 4.69) is 12.2 Å². The van der Waals surface area contributed by atoms with Crippen molar-refractivity contribution in [3.8, 4) is 11.5 Å². The third kappa shape index (κ3) is 2.06. The Balaban J connectivity index is 1.95. The van der Waals surface area contributed by atoms with E-state index in [0.29, 0.717) is 11.1 Å². The molecule has 1 unspecified atom stereocenters. The van der Waals surface area contributed by atoms with Gasteiger partial charge in [-0.15, -0.1) is 0 Å². The van der Waals surface area contributed by atoms with E-state index in [1.54, 1.807) is 0 Å². The zero-order valence-electron chi connectivity index (χ0n) is 10.6. The van der Waals surface area contributed by atoms with Gasteiger partial charge in [0.15, 0.2) is 11.5 Å². The van der Waals surface area contributed by atoms with E-state index in [1.165, 1.54) is 24.0 Å². The molecule has 1 aromatic carbocycles. The number of nitrogens with one attached hydrogen (secondary N) is 1. The molecule has 1 aromatic rings. The van der Waals surface area contributed by atoms with E-state index in [9.17, 15) is 0 Å². The van der Waals surface area contributed by atoms with Gasteiger partial charge in [-0.2, -0.15) is 0 Å². The van der Waals surface area contributed by atoms with E-state index in [0.717, 1.165) is 30.9 Å². The molecule has 98 valence electrons. The number of hydrogen-bond acceptors (Lipinski definition) is 3. The van der Waals surface area contributed by atoms with Gasteiger partial charge in [0, 0.05) is 11.6 Å². The van der Waals surface area contributed by atoms with Crippen molar-refractivity contribution in [3.63, 3.8) is 0 Å². The number of fused-ring (bicyclic) bond motifs is 1. The first kappa shape index (κ1) is 12.1. The molecule has 2 aliphatic rings. The van der Waals surface area contributed by atoms with Crippen molar-refractivity contribution in [1.29, 1.82) is 0 Å². The highest BCUT2D eigenvalue weighted by Crippen LogP contribution is 2.44. The maximum Gasteiger partial charge on any atom is 0.231 e. The number of ether oxygens (including phenoxy) is 2. The van der Waals surface area contributed by atoms with Crippen LogP contribution in [0.5, 0.6) is 11.5 Å². The van der Waals surface area contributed by atoms with Crippen LogP contribution in [-0.2, 0) is 12.8 Å². The SMILES string of the molecule is CCc1c(CC2CCCN2)cc(Cl)c2c1OCO2. The van der Waals surface area contributed by atoms with Gasteiger partial charge in [-0.25, -0.2) is 0 Å². The van der Waals surface area contributed by atoms with Gasteiger partial charge in [0.25, 0.3) is 0 Å². The highest BCUT2D eigenvalue weighted by Gasteiger charge is 2.25. The molecular weight excluding hydrogens is 250 g/mol. The summed E-state index contributed by atoms with van der Waals surface area (Å²) in [6, 6.07) is 2.63. The molecule has 0 radical (unpaired) electrons. The Morgan fingerprint density at radius 3 is 2.94 bits per heavy atom. The zero-order valence-corrected chi connectivity index (χ0v) is 11.3. The van der Waals surface area contributed by atoms with Crippen LogP contribution in [0.4, 0.5) is 0 Å². The monoisotopic (exact) mass is 267 g/mol. The first-order valence-electron chi connectivity index (χ1n) is 6.62. The second kappa shape index (κ2) is 4.98. The molecule has 0 spiro atoms. The first-order valence-corrected chi connectivity index (χ1v) is 7.00. The maximum atomic E-state index is 6.26. The van der Waals surface area contributed by atoms with E-state index in [1.807, 2.05) is 6.07 Å². The number of halogens is 1. The van der Waals surface area contributed by atoms with E-state index in [-0.39, 0.29) is 6.79 Å². The van der Waals surface area contributed by atoms with E-state index in [4.69, 9.17) is 21.1 Å². The van der Waals surface area contributed by atoms with Crippen LogP contribution in [0.3, 0.4) is 0 Å². The lowest BCUT2D eigenvalue weighted by Gasteiger charge is -2.16. The number of hydrogen-bond donors (Lipinski definition) is 1. The molecule has 0 aliphatic carbocycles. The van der Waals surface area contributed by atoms with Crippen LogP contribution < -0.4 is 14.8 Å². The van der Waals surface area contributed by atoms with Crippen molar-refractivity contribution in [1.82, 2.24) is 5.32 Å². The zero-order chi connectivity index (χ0) is 12.5. The Bertz CT molecular complexity index is 456. The van der Waals surface area contributed by atoms with Gasteiger partial charge in [0.1, 0.15) is 0 Å². The first-order chi connectivity index (χ1) is 8.79. The fourth-order valence-electron chi connectivity index (χ4n) is 2.90. The Morgan fingerprint density at radius 2 is 2.22 bits per heavy atom. The molecule has 3 rings (SSSR count). The second-order valence-electron chi connectivity index (χ2n) is 4.91. The molecule has 0 bridgehead atoms. The quantitative estimate of drug-likeness (QED) is 0.913. The van der Waals surface area contributed by atoms with Crippen molar-refractivity contribution >= 4 is 11.6 Å². The summed E-state index contributed by atoms with van der Waals surface area (Å²) in [6.07, 6.45) is 4.49. The molecule has 0 amide bonds. The van der Waals surface area contributed by atoms with E-state index >= 15 is 0 Å². The average molecular weight is 268 g/mol. The van der Waals surface area contributed by atoms with Gasteiger partial charge in [0.05, 0.1) is 5.02 Å². The molecule has 2 aliphatic heterocycles. The molecule has 1 atom stereocenters. The predicted molar refractivity (Wildman–Crippen MR) is 71.7 cm³/mol. The van der Waals surface area contributed by atoms with Gasteiger partial charge < -0.3 is 14.8 Å². The lowest BCUT2D eigenvalue weighted by atomic mass is 9.96. The van der Waals surface area contributed by atoms with Crippen LogP contribution in [0.2, 0.25) is 5.02 Å². The van der Waals surface area contributed by atoms with Crippen LogP contribution in [-0.4, -0.2) is 19.4 Å². The summed E-state index contributed by atoms with van der Waals surface area (Å²) in [7, 11) is 0. The molecule has 0 aromatic heterocycles. The third-order valence-electron chi connectivity index (χ3n) is 3.77. The molecule has 2 heterocycles. The summed E-state index contributed by atoms with van der Waals surface area (Å²) in [6.45, 7) is 3.56. The minimum absolute atomic E-state index is 0.285. The minimum Gasteiger partial charge on any atom is -0.453 e. The summed E-state index contributed by atoms with van der Waals surface area (Å²) in [4.78, 5) is 0. The summed E-state index contributed by atoms with van der Waals surface area (Å²) in [5.74, 6) is 1.58. The van der Waals surface area contributed by atoms with Gasteiger partial charge in [-0.3, -0.25) is 0 Å². The Hall–Kier alpha value is -0.930. The van der Waals surface area contributed by atoms with Gasteiger partial charge in [0.2, 0.25) is 6.79 Å².